The second-order valence-electron chi connectivity index (χ2n) is 9.41. The van der Waals surface area contributed by atoms with Crippen molar-refractivity contribution in [3.63, 3.8) is 0 Å². The van der Waals surface area contributed by atoms with Crippen molar-refractivity contribution in [3.8, 4) is 5.75 Å². The normalized spacial score (nSPS) is 16.2. The van der Waals surface area contributed by atoms with E-state index in [1.807, 2.05) is 51.5 Å². The monoisotopic (exact) mass is 614 g/mol. The van der Waals surface area contributed by atoms with Gasteiger partial charge in [0.1, 0.15) is 15.8 Å². The third kappa shape index (κ3) is 8.39. The molecule has 0 radical (unpaired) electrons. The van der Waals surface area contributed by atoms with Crippen LogP contribution in [0, 0.1) is 13.3 Å². The second-order valence-corrected chi connectivity index (χ2v) is 11.0. The van der Waals surface area contributed by atoms with Gasteiger partial charge in [0.05, 0.1) is 19.3 Å². The van der Waals surface area contributed by atoms with E-state index >= 15 is 0 Å². The number of methoxy groups -OCH3 is 1. The molecule has 1 fully saturated rings. The number of anilines is 1. The molecule has 3 aromatic carbocycles. The summed E-state index contributed by atoms with van der Waals surface area (Å²) in [7, 11) is -2.35. The number of nitrogens with zero attached hydrogens (tertiary/aromatic N) is 2. The Bertz CT molecular complexity index is 1310. The Morgan fingerprint density at radius 1 is 1.00 bits per heavy atom. The molecule has 40 heavy (non-hydrogen) atoms. The number of benzene rings is 3. The van der Waals surface area contributed by atoms with E-state index in [1.165, 1.54) is 0 Å². The minimum Gasteiger partial charge on any atom is -0.496 e. The molecule has 9 heteroatoms. The van der Waals surface area contributed by atoms with Crippen LogP contribution in [-0.2, 0) is 34.2 Å². The van der Waals surface area contributed by atoms with Crippen LogP contribution < -0.4 is 9.75 Å². The zero-order valence-corrected chi connectivity index (χ0v) is 27.8. The van der Waals surface area contributed by atoms with Crippen molar-refractivity contribution in [2.24, 2.45) is 0 Å². The van der Waals surface area contributed by atoms with E-state index in [2.05, 4.69) is 4.83 Å². The summed E-state index contributed by atoms with van der Waals surface area (Å²) in [5, 5.41) is 1.61. The first kappa shape index (κ1) is 33.5. The standard InChI is InChI=1S/C28H31N2O5S.C3H7.Zn/c1-4-35-28(31)21-14-16-22(17-15-21)30(29-36(32,33)23-18-12-20(2)13-19-23)26-10-7-9-24(26)25-8-5-6-11-27(25)34-3;1-3-2;/h5-6,8,11-19,24,26H,4,7,9-10H2,1-3H3;3H,1-2H3;/q2*-1;+2/t24-,26+;;/m0../s1. The van der Waals surface area contributed by atoms with Crippen LogP contribution in [0.5, 0.6) is 5.75 Å². The number of carbonyl (C=O) groups is 1. The van der Waals surface area contributed by atoms with Gasteiger partial charge in [0.25, 0.3) is 0 Å². The van der Waals surface area contributed by atoms with Gasteiger partial charge in [-0.1, -0.05) is 42.3 Å². The van der Waals surface area contributed by atoms with Crippen molar-refractivity contribution >= 4 is 21.7 Å². The van der Waals surface area contributed by atoms with Crippen molar-refractivity contribution in [2.45, 2.75) is 63.8 Å². The van der Waals surface area contributed by atoms with Crippen molar-refractivity contribution < 1.29 is 42.2 Å². The number of rotatable bonds is 9. The quantitative estimate of drug-likeness (QED) is 0.109. The summed E-state index contributed by atoms with van der Waals surface area (Å²) >= 11 is 0. The predicted octanol–water partition coefficient (Wildman–Crippen LogP) is 7.23. The summed E-state index contributed by atoms with van der Waals surface area (Å²) in [6.07, 6.45) is 4.56. The summed E-state index contributed by atoms with van der Waals surface area (Å²) in [4.78, 5) is 16.6. The number of carbonyl (C=O) groups excluding carboxylic acids is 1. The molecule has 0 unspecified atom stereocenters. The van der Waals surface area contributed by atoms with Crippen LogP contribution >= 0.6 is 0 Å². The van der Waals surface area contributed by atoms with Crippen LogP contribution in [-0.4, -0.2) is 34.1 Å². The molecule has 0 saturated heterocycles. The molecule has 2 atom stereocenters. The molecule has 0 spiro atoms. The Hall–Kier alpha value is -2.74. The van der Waals surface area contributed by atoms with E-state index in [-0.39, 0.29) is 42.9 Å². The van der Waals surface area contributed by atoms with Crippen LogP contribution in [0.15, 0.2) is 77.7 Å². The summed E-state index contributed by atoms with van der Waals surface area (Å²) in [6, 6.07) is 21.0. The molecule has 0 bridgehead atoms. The van der Waals surface area contributed by atoms with Crippen LogP contribution in [0.25, 0.3) is 4.83 Å². The van der Waals surface area contributed by atoms with E-state index in [9.17, 15) is 13.2 Å². The summed E-state index contributed by atoms with van der Waals surface area (Å²) in [5.74, 6) is 0.365. The first-order chi connectivity index (χ1) is 18.7. The minimum atomic E-state index is -3.99. The van der Waals surface area contributed by atoms with Crippen LogP contribution in [0.4, 0.5) is 5.69 Å². The molecule has 1 aliphatic carbocycles. The van der Waals surface area contributed by atoms with Crippen molar-refractivity contribution in [2.75, 3.05) is 18.7 Å². The number of hydrogen-bond acceptors (Lipinski definition) is 6. The molecule has 3 aromatic rings. The summed E-state index contributed by atoms with van der Waals surface area (Å²) in [5.41, 5.74) is 2.98. The van der Waals surface area contributed by atoms with E-state index in [0.29, 0.717) is 11.3 Å². The van der Waals surface area contributed by atoms with Gasteiger partial charge in [0.15, 0.2) is 0 Å². The van der Waals surface area contributed by atoms with Crippen LogP contribution in [0.1, 0.15) is 67.4 Å². The summed E-state index contributed by atoms with van der Waals surface area (Å²) in [6.45, 7) is 7.93. The number of hydrogen-bond donors (Lipinski definition) is 0. The molecule has 0 aliphatic heterocycles. The topological polar surface area (TPSA) is 87.0 Å². The fraction of sp³-hybridized carbons (Fsp3) is 0.355. The van der Waals surface area contributed by atoms with E-state index in [4.69, 9.17) is 9.47 Å². The molecule has 0 heterocycles. The van der Waals surface area contributed by atoms with E-state index < -0.39 is 16.0 Å². The minimum absolute atomic E-state index is 0. The first-order valence-corrected chi connectivity index (χ1v) is 14.7. The molecule has 210 valence electrons. The Labute approximate surface area is 252 Å². The Kier molecular flexibility index (Phi) is 13.3. The Morgan fingerprint density at radius 3 is 2.23 bits per heavy atom. The number of aryl methyl sites for hydroxylation is 1. The maximum Gasteiger partial charge on any atom is 2.00 e. The van der Waals surface area contributed by atoms with Gasteiger partial charge in [-0.05, 0) is 74.7 Å². The van der Waals surface area contributed by atoms with Gasteiger partial charge >= 0.3 is 25.4 Å². The molecular weight excluding hydrogens is 578 g/mol. The van der Waals surface area contributed by atoms with Crippen LogP contribution in [0.3, 0.4) is 0 Å². The third-order valence-electron chi connectivity index (χ3n) is 6.49. The zero-order chi connectivity index (χ0) is 28.4. The van der Waals surface area contributed by atoms with Gasteiger partial charge in [-0.3, -0.25) is 0 Å². The first-order valence-electron chi connectivity index (χ1n) is 13.2. The number of para-hydroxylation sites is 1. The smallest absolute Gasteiger partial charge is 0.496 e. The second kappa shape index (κ2) is 15.9. The van der Waals surface area contributed by atoms with Gasteiger partial charge in [0.2, 0.25) is 0 Å². The Morgan fingerprint density at radius 2 is 1.62 bits per heavy atom. The van der Waals surface area contributed by atoms with E-state index in [0.717, 1.165) is 36.1 Å². The van der Waals surface area contributed by atoms with Gasteiger partial charge < -0.3 is 25.7 Å². The fourth-order valence-corrected chi connectivity index (χ4v) is 5.73. The SMILES string of the molecule is CCOC(=O)c1ccc(N([N-]S(=O)(=O)c2ccc(C)cc2)[C@@H]2CCC[C@H]2c2ccccc2OC)cc1.C[CH-]C.[Zn+2]. The molecule has 1 saturated carbocycles. The largest absolute Gasteiger partial charge is 2.00 e. The van der Waals surface area contributed by atoms with Gasteiger partial charge in [-0.15, -0.1) is 0 Å². The molecule has 7 nitrogen and oxygen atoms in total. The molecule has 0 amide bonds. The molecule has 0 aromatic heterocycles. The average molecular weight is 616 g/mol. The van der Waals surface area contributed by atoms with Gasteiger partial charge in [-0.2, -0.15) is 13.8 Å². The molecular formula is C31H38N2O5SZn. The van der Waals surface area contributed by atoms with Crippen LogP contribution in [0.2, 0.25) is 0 Å². The van der Waals surface area contributed by atoms with E-state index in [1.54, 1.807) is 67.6 Å². The van der Waals surface area contributed by atoms with Crippen molar-refractivity contribution in [1.29, 1.82) is 0 Å². The number of ether oxygens (including phenoxy) is 2. The zero-order valence-electron chi connectivity index (χ0n) is 24.0. The molecule has 1 aliphatic rings. The van der Waals surface area contributed by atoms with Crippen molar-refractivity contribution in [3.05, 3.63) is 101 Å². The maximum atomic E-state index is 13.4. The maximum absolute atomic E-state index is 13.4. The average Bonchev–Trinajstić information content (AvgIpc) is 3.42. The number of esters is 1. The molecule has 0 N–H and O–H groups in total. The summed E-state index contributed by atoms with van der Waals surface area (Å²) < 4.78 is 37.5. The number of sulfonamides is 1. The van der Waals surface area contributed by atoms with Gasteiger partial charge in [0, 0.05) is 22.5 Å². The van der Waals surface area contributed by atoms with Crippen molar-refractivity contribution in [1.82, 2.24) is 0 Å². The van der Waals surface area contributed by atoms with Gasteiger partial charge in [-0.25, -0.2) is 13.2 Å². The third-order valence-corrected chi connectivity index (χ3v) is 7.75. The Balaban J connectivity index is 0.00000134. The fourth-order valence-electron chi connectivity index (χ4n) is 4.71. The predicted molar refractivity (Wildman–Crippen MR) is 156 cm³/mol. The molecule has 4 rings (SSSR count).